The van der Waals surface area contributed by atoms with E-state index in [0.717, 1.165) is 17.9 Å². The Kier molecular flexibility index (Phi) is 6.83. The minimum absolute atomic E-state index is 0.0262. The number of ether oxygens (including phenoxy) is 2. The molecular weight excluding hydrogens is 234 g/mol. The Bertz CT molecular complexity index is 368. The molecule has 0 unspecified atom stereocenters. The summed E-state index contributed by atoms with van der Waals surface area (Å²) in [7, 11) is 1.87. The maximum atomic E-state index is 10.3. The number of rotatable bonds is 9. The molecule has 1 rings (SSSR count). The Balaban J connectivity index is 2.32. The lowest BCUT2D eigenvalue weighted by molar-refractivity contribution is -0.138. The third-order valence-corrected chi connectivity index (χ3v) is 2.25. The standard InChI is InChI=1S/C13H19NO4/c1-14-6-8-18-12-4-2-3-11(9-12)10-17-7-5-13(15)16/h2-4,9,14H,5-8,10H2,1H3,(H,15,16). The first-order valence-electron chi connectivity index (χ1n) is 5.88. The van der Waals surface area contributed by atoms with Gasteiger partial charge in [-0.15, -0.1) is 0 Å². The number of carbonyl (C=O) groups is 1. The van der Waals surface area contributed by atoms with E-state index in [4.69, 9.17) is 14.6 Å². The van der Waals surface area contributed by atoms with Crippen LogP contribution in [-0.4, -0.2) is 37.9 Å². The summed E-state index contributed by atoms with van der Waals surface area (Å²) in [6.45, 7) is 2.02. The molecule has 5 nitrogen and oxygen atoms in total. The molecule has 0 fully saturated rings. The number of carboxylic acids is 1. The second kappa shape index (κ2) is 8.49. The lowest BCUT2D eigenvalue weighted by Gasteiger charge is -2.08. The van der Waals surface area contributed by atoms with Crippen molar-refractivity contribution in [3.8, 4) is 5.75 Å². The van der Waals surface area contributed by atoms with Crippen LogP contribution in [0.4, 0.5) is 0 Å². The highest BCUT2D eigenvalue weighted by Crippen LogP contribution is 2.13. The van der Waals surface area contributed by atoms with Gasteiger partial charge in [0, 0.05) is 6.54 Å². The molecule has 0 aliphatic carbocycles. The third-order valence-electron chi connectivity index (χ3n) is 2.25. The highest BCUT2D eigenvalue weighted by Gasteiger charge is 1.99. The molecule has 0 heterocycles. The van der Waals surface area contributed by atoms with Gasteiger partial charge in [0.25, 0.3) is 0 Å². The van der Waals surface area contributed by atoms with Gasteiger partial charge in [-0.05, 0) is 24.7 Å². The average molecular weight is 253 g/mol. The summed E-state index contributed by atoms with van der Waals surface area (Å²) in [5, 5.41) is 11.5. The largest absolute Gasteiger partial charge is 0.492 e. The zero-order valence-corrected chi connectivity index (χ0v) is 10.5. The van der Waals surface area contributed by atoms with Crippen LogP contribution in [0.3, 0.4) is 0 Å². The highest BCUT2D eigenvalue weighted by molar-refractivity contribution is 5.66. The summed E-state index contributed by atoms with van der Waals surface area (Å²) >= 11 is 0. The van der Waals surface area contributed by atoms with Crippen molar-refractivity contribution in [3.05, 3.63) is 29.8 Å². The van der Waals surface area contributed by atoms with Crippen LogP contribution in [0.25, 0.3) is 0 Å². The quantitative estimate of drug-likeness (QED) is 0.649. The Labute approximate surface area is 107 Å². The monoisotopic (exact) mass is 253 g/mol. The minimum atomic E-state index is -0.848. The van der Waals surface area contributed by atoms with Crippen molar-refractivity contribution in [3.63, 3.8) is 0 Å². The summed E-state index contributed by atoms with van der Waals surface area (Å²) in [6, 6.07) is 7.60. The van der Waals surface area contributed by atoms with Gasteiger partial charge in [-0.3, -0.25) is 4.79 Å². The zero-order chi connectivity index (χ0) is 13.2. The molecule has 0 saturated carbocycles. The van der Waals surface area contributed by atoms with Gasteiger partial charge in [0.05, 0.1) is 19.6 Å². The number of benzene rings is 1. The van der Waals surface area contributed by atoms with E-state index in [1.807, 2.05) is 31.3 Å². The maximum absolute atomic E-state index is 10.3. The summed E-state index contributed by atoms with van der Waals surface area (Å²) in [6.07, 6.45) is 0.0262. The van der Waals surface area contributed by atoms with Crippen molar-refractivity contribution in [2.24, 2.45) is 0 Å². The molecule has 5 heteroatoms. The number of carboxylic acid groups (broad SMARTS) is 1. The van der Waals surface area contributed by atoms with Gasteiger partial charge in [0.15, 0.2) is 0 Å². The summed E-state index contributed by atoms with van der Waals surface area (Å²) < 4.78 is 10.8. The predicted octanol–water partition coefficient (Wildman–Crippen LogP) is 1.28. The smallest absolute Gasteiger partial charge is 0.305 e. The Morgan fingerprint density at radius 2 is 2.22 bits per heavy atom. The first-order valence-corrected chi connectivity index (χ1v) is 5.88. The first kappa shape index (κ1) is 14.5. The average Bonchev–Trinajstić information content (AvgIpc) is 2.35. The SMILES string of the molecule is CNCCOc1cccc(COCCC(=O)O)c1. The highest BCUT2D eigenvalue weighted by atomic mass is 16.5. The van der Waals surface area contributed by atoms with Crippen LogP contribution < -0.4 is 10.1 Å². The molecule has 0 radical (unpaired) electrons. The lowest BCUT2D eigenvalue weighted by Crippen LogP contribution is -2.15. The Morgan fingerprint density at radius 1 is 1.39 bits per heavy atom. The fraction of sp³-hybridized carbons (Fsp3) is 0.462. The van der Waals surface area contributed by atoms with E-state index in [2.05, 4.69) is 5.32 Å². The lowest BCUT2D eigenvalue weighted by atomic mass is 10.2. The zero-order valence-electron chi connectivity index (χ0n) is 10.5. The second-order valence-electron chi connectivity index (χ2n) is 3.80. The fourth-order valence-corrected chi connectivity index (χ4v) is 1.35. The van der Waals surface area contributed by atoms with Crippen LogP contribution in [0.15, 0.2) is 24.3 Å². The van der Waals surface area contributed by atoms with Gasteiger partial charge in [-0.1, -0.05) is 12.1 Å². The number of hydrogen-bond donors (Lipinski definition) is 2. The molecular formula is C13H19NO4. The van der Waals surface area contributed by atoms with Gasteiger partial charge in [0.2, 0.25) is 0 Å². The van der Waals surface area contributed by atoms with E-state index in [1.54, 1.807) is 0 Å². The third kappa shape index (κ3) is 6.22. The summed E-state index contributed by atoms with van der Waals surface area (Å²) in [5.41, 5.74) is 0.974. The molecule has 0 amide bonds. The molecule has 0 spiro atoms. The molecule has 0 aliphatic rings. The molecule has 1 aromatic carbocycles. The Hall–Kier alpha value is -1.59. The minimum Gasteiger partial charge on any atom is -0.492 e. The fourth-order valence-electron chi connectivity index (χ4n) is 1.35. The Morgan fingerprint density at radius 3 is 2.94 bits per heavy atom. The van der Waals surface area contributed by atoms with Gasteiger partial charge >= 0.3 is 5.97 Å². The van der Waals surface area contributed by atoms with Crippen molar-refractivity contribution in [2.45, 2.75) is 13.0 Å². The molecule has 0 bridgehead atoms. The topological polar surface area (TPSA) is 67.8 Å². The van der Waals surface area contributed by atoms with Crippen LogP contribution in [0, 0.1) is 0 Å². The number of nitrogens with one attached hydrogen (secondary N) is 1. The molecule has 2 N–H and O–H groups in total. The summed E-state index contributed by atoms with van der Waals surface area (Å²) in [4.78, 5) is 10.3. The van der Waals surface area contributed by atoms with Crippen LogP contribution in [0.5, 0.6) is 5.75 Å². The van der Waals surface area contributed by atoms with Crippen LogP contribution >= 0.6 is 0 Å². The van der Waals surface area contributed by atoms with E-state index in [9.17, 15) is 4.79 Å². The van der Waals surface area contributed by atoms with Gasteiger partial charge in [-0.2, -0.15) is 0 Å². The molecule has 1 aromatic rings. The second-order valence-corrected chi connectivity index (χ2v) is 3.80. The molecule has 0 saturated heterocycles. The number of hydrogen-bond acceptors (Lipinski definition) is 4. The van der Waals surface area contributed by atoms with Crippen molar-refractivity contribution < 1.29 is 19.4 Å². The predicted molar refractivity (Wildman–Crippen MR) is 67.8 cm³/mol. The molecule has 0 aromatic heterocycles. The van der Waals surface area contributed by atoms with Gasteiger partial charge < -0.3 is 19.9 Å². The molecule has 100 valence electrons. The maximum Gasteiger partial charge on any atom is 0.305 e. The van der Waals surface area contributed by atoms with Gasteiger partial charge in [-0.25, -0.2) is 0 Å². The number of aliphatic carboxylic acids is 1. The van der Waals surface area contributed by atoms with Crippen molar-refractivity contribution in [1.82, 2.24) is 5.32 Å². The molecule has 0 atom stereocenters. The summed E-state index contributed by atoms with van der Waals surface area (Å²) in [5.74, 6) is -0.0521. The van der Waals surface area contributed by atoms with Crippen LogP contribution in [0.2, 0.25) is 0 Å². The first-order chi connectivity index (χ1) is 8.72. The number of likely N-dealkylation sites (N-methyl/N-ethyl adjacent to an activating group) is 1. The van der Waals surface area contributed by atoms with E-state index >= 15 is 0 Å². The molecule has 0 aliphatic heterocycles. The van der Waals surface area contributed by atoms with Crippen molar-refractivity contribution in [2.75, 3.05) is 26.8 Å². The van der Waals surface area contributed by atoms with E-state index in [0.29, 0.717) is 13.2 Å². The van der Waals surface area contributed by atoms with E-state index < -0.39 is 5.97 Å². The molecule has 18 heavy (non-hydrogen) atoms. The van der Waals surface area contributed by atoms with E-state index in [-0.39, 0.29) is 13.0 Å². The van der Waals surface area contributed by atoms with E-state index in [1.165, 1.54) is 0 Å². The van der Waals surface area contributed by atoms with Gasteiger partial charge in [0.1, 0.15) is 12.4 Å². The van der Waals surface area contributed by atoms with Crippen LogP contribution in [0.1, 0.15) is 12.0 Å². The van der Waals surface area contributed by atoms with Crippen LogP contribution in [-0.2, 0) is 16.1 Å². The van der Waals surface area contributed by atoms with Crippen molar-refractivity contribution in [1.29, 1.82) is 0 Å². The van der Waals surface area contributed by atoms with Crippen molar-refractivity contribution >= 4 is 5.97 Å². The normalized spacial score (nSPS) is 10.3.